The summed E-state index contributed by atoms with van der Waals surface area (Å²) in [6.07, 6.45) is 7.67. The van der Waals surface area contributed by atoms with Gasteiger partial charge in [0.1, 0.15) is 11.3 Å². The zero-order valence-corrected chi connectivity index (χ0v) is 10.3. The van der Waals surface area contributed by atoms with Crippen LogP contribution >= 0.6 is 0 Å². The molecule has 0 aliphatic carbocycles. The molecule has 3 rings (SSSR count). The lowest BCUT2D eigenvalue weighted by atomic mass is 10.3. The van der Waals surface area contributed by atoms with Gasteiger partial charge in [-0.15, -0.1) is 0 Å². The maximum absolute atomic E-state index is 4.60. The van der Waals surface area contributed by atoms with E-state index in [4.69, 9.17) is 0 Å². The molecule has 5 nitrogen and oxygen atoms in total. The van der Waals surface area contributed by atoms with E-state index in [1.165, 1.54) is 0 Å². The third kappa shape index (κ3) is 1.88. The predicted octanol–water partition coefficient (Wildman–Crippen LogP) is 2.62. The number of aryl methyl sites for hydroxylation is 1. The van der Waals surface area contributed by atoms with E-state index in [9.17, 15) is 0 Å². The third-order valence-electron chi connectivity index (χ3n) is 2.94. The van der Waals surface area contributed by atoms with Crippen LogP contribution in [0.15, 0.2) is 30.7 Å². The molecule has 18 heavy (non-hydrogen) atoms. The van der Waals surface area contributed by atoms with Crippen molar-refractivity contribution in [3.63, 3.8) is 0 Å². The van der Waals surface area contributed by atoms with Gasteiger partial charge >= 0.3 is 0 Å². The number of fused-ring (bicyclic) bond motifs is 1. The lowest BCUT2D eigenvalue weighted by Gasteiger charge is -1.98. The van der Waals surface area contributed by atoms with Gasteiger partial charge in [0, 0.05) is 24.5 Å². The van der Waals surface area contributed by atoms with Crippen molar-refractivity contribution >= 4 is 11.2 Å². The molecule has 0 amide bonds. The minimum absolute atomic E-state index is 0.848. The fourth-order valence-electron chi connectivity index (χ4n) is 1.96. The molecule has 0 atom stereocenters. The van der Waals surface area contributed by atoms with Gasteiger partial charge in [0.2, 0.25) is 0 Å². The molecule has 0 aliphatic heterocycles. The van der Waals surface area contributed by atoms with E-state index in [0.29, 0.717) is 0 Å². The fourth-order valence-corrected chi connectivity index (χ4v) is 1.96. The first-order valence-electron chi connectivity index (χ1n) is 6.20. The third-order valence-corrected chi connectivity index (χ3v) is 2.94. The number of unbranched alkanes of at least 4 members (excludes halogenated alkanes) is 1. The number of imidazole rings is 1. The van der Waals surface area contributed by atoms with E-state index in [1.54, 1.807) is 6.20 Å². The van der Waals surface area contributed by atoms with Crippen molar-refractivity contribution in [3.05, 3.63) is 30.7 Å². The van der Waals surface area contributed by atoms with Gasteiger partial charge in [-0.05, 0) is 18.6 Å². The number of hydrogen-bond donors (Lipinski definition) is 1. The SMILES string of the molecule is CCCCn1ncc2[nH]c(-c3cccnc3)nc21. The second kappa shape index (κ2) is 4.60. The van der Waals surface area contributed by atoms with Crippen LogP contribution in [0.5, 0.6) is 0 Å². The maximum Gasteiger partial charge on any atom is 0.176 e. The quantitative estimate of drug-likeness (QED) is 0.763. The second-order valence-electron chi connectivity index (χ2n) is 4.29. The first-order chi connectivity index (χ1) is 8.88. The summed E-state index contributed by atoms with van der Waals surface area (Å²) in [5, 5.41) is 4.33. The lowest BCUT2D eigenvalue weighted by Crippen LogP contribution is -1.99. The summed E-state index contributed by atoms with van der Waals surface area (Å²) >= 11 is 0. The molecule has 0 saturated carbocycles. The first kappa shape index (κ1) is 11.0. The summed E-state index contributed by atoms with van der Waals surface area (Å²) < 4.78 is 1.95. The van der Waals surface area contributed by atoms with E-state index >= 15 is 0 Å². The Morgan fingerprint density at radius 3 is 3.06 bits per heavy atom. The Morgan fingerprint density at radius 2 is 2.28 bits per heavy atom. The average Bonchev–Trinajstić information content (AvgIpc) is 2.98. The number of aromatic amines is 1. The molecule has 92 valence electrons. The van der Waals surface area contributed by atoms with Crippen LogP contribution < -0.4 is 0 Å². The van der Waals surface area contributed by atoms with Crippen LogP contribution in [-0.4, -0.2) is 24.7 Å². The number of aromatic nitrogens is 5. The highest BCUT2D eigenvalue weighted by Crippen LogP contribution is 2.19. The van der Waals surface area contributed by atoms with Gasteiger partial charge in [0.15, 0.2) is 5.65 Å². The maximum atomic E-state index is 4.60. The van der Waals surface area contributed by atoms with E-state index in [2.05, 4.69) is 27.0 Å². The zero-order chi connectivity index (χ0) is 12.4. The van der Waals surface area contributed by atoms with Crippen molar-refractivity contribution in [2.45, 2.75) is 26.3 Å². The number of nitrogens with zero attached hydrogens (tertiary/aromatic N) is 4. The van der Waals surface area contributed by atoms with E-state index in [1.807, 2.05) is 29.2 Å². The molecule has 1 N–H and O–H groups in total. The molecule has 3 heterocycles. The van der Waals surface area contributed by atoms with E-state index in [0.717, 1.165) is 41.9 Å². The number of H-pyrrole nitrogens is 1. The van der Waals surface area contributed by atoms with Crippen LogP contribution in [0.4, 0.5) is 0 Å². The average molecular weight is 241 g/mol. The molecule has 0 unspecified atom stereocenters. The Kier molecular flexibility index (Phi) is 2.80. The lowest BCUT2D eigenvalue weighted by molar-refractivity contribution is 0.584. The standard InChI is InChI=1S/C13H15N5/c1-2-3-7-18-13-11(9-15-18)16-12(17-13)10-5-4-6-14-8-10/h4-6,8-9H,2-3,7H2,1H3,(H,16,17). The number of pyridine rings is 1. The van der Waals surface area contributed by atoms with Crippen LogP contribution in [-0.2, 0) is 6.54 Å². The molecule has 0 aliphatic rings. The van der Waals surface area contributed by atoms with E-state index < -0.39 is 0 Å². The molecular formula is C13H15N5. The topological polar surface area (TPSA) is 59.4 Å². The van der Waals surface area contributed by atoms with Gasteiger partial charge in [-0.25, -0.2) is 9.67 Å². The van der Waals surface area contributed by atoms with E-state index in [-0.39, 0.29) is 0 Å². The Bertz CT molecular complexity index is 638. The molecule has 0 spiro atoms. The Hall–Kier alpha value is -2.17. The molecule has 0 radical (unpaired) electrons. The molecule has 5 heteroatoms. The largest absolute Gasteiger partial charge is 0.335 e. The highest BCUT2D eigenvalue weighted by atomic mass is 15.3. The smallest absolute Gasteiger partial charge is 0.176 e. The Balaban J connectivity index is 1.99. The highest BCUT2D eigenvalue weighted by Gasteiger charge is 2.09. The van der Waals surface area contributed by atoms with Gasteiger partial charge in [-0.2, -0.15) is 5.10 Å². The number of rotatable bonds is 4. The van der Waals surface area contributed by atoms with Gasteiger partial charge in [-0.3, -0.25) is 4.98 Å². The summed E-state index contributed by atoms with van der Waals surface area (Å²) in [6.45, 7) is 3.09. The normalized spacial score (nSPS) is 11.2. The molecule has 0 fully saturated rings. The Labute approximate surface area is 105 Å². The van der Waals surface area contributed by atoms with Crippen molar-refractivity contribution in [3.8, 4) is 11.4 Å². The molecular weight excluding hydrogens is 226 g/mol. The molecule has 0 saturated heterocycles. The molecule has 3 aromatic heterocycles. The zero-order valence-electron chi connectivity index (χ0n) is 10.3. The molecule has 0 bridgehead atoms. The highest BCUT2D eigenvalue weighted by molar-refractivity contribution is 5.75. The second-order valence-corrected chi connectivity index (χ2v) is 4.29. The summed E-state index contributed by atoms with van der Waals surface area (Å²) in [7, 11) is 0. The van der Waals surface area contributed by atoms with Gasteiger partial charge in [0.05, 0.1) is 6.20 Å². The van der Waals surface area contributed by atoms with Crippen LogP contribution in [0.1, 0.15) is 19.8 Å². The van der Waals surface area contributed by atoms with Crippen molar-refractivity contribution in [2.24, 2.45) is 0 Å². The van der Waals surface area contributed by atoms with Crippen molar-refractivity contribution < 1.29 is 0 Å². The molecule has 3 aromatic rings. The summed E-state index contributed by atoms with van der Waals surface area (Å²) in [6, 6.07) is 3.90. The van der Waals surface area contributed by atoms with Crippen LogP contribution in [0.3, 0.4) is 0 Å². The van der Waals surface area contributed by atoms with Crippen LogP contribution in [0, 0.1) is 0 Å². The summed E-state index contributed by atoms with van der Waals surface area (Å²) in [4.78, 5) is 12.0. The minimum Gasteiger partial charge on any atom is -0.335 e. The van der Waals surface area contributed by atoms with Crippen LogP contribution in [0.2, 0.25) is 0 Å². The van der Waals surface area contributed by atoms with Gasteiger partial charge in [0.25, 0.3) is 0 Å². The Morgan fingerprint density at radius 1 is 1.33 bits per heavy atom. The number of hydrogen-bond acceptors (Lipinski definition) is 3. The minimum atomic E-state index is 0.848. The fraction of sp³-hybridized carbons (Fsp3) is 0.308. The first-order valence-corrected chi connectivity index (χ1v) is 6.20. The van der Waals surface area contributed by atoms with Gasteiger partial charge in [-0.1, -0.05) is 13.3 Å². The summed E-state index contributed by atoms with van der Waals surface area (Å²) in [5.74, 6) is 0.848. The van der Waals surface area contributed by atoms with Crippen molar-refractivity contribution in [2.75, 3.05) is 0 Å². The summed E-state index contributed by atoms with van der Waals surface area (Å²) in [5.41, 5.74) is 2.89. The van der Waals surface area contributed by atoms with Crippen molar-refractivity contribution in [1.82, 2.24) is 24.7 Å². The van der Waals surface area contributed by atoms with Crippen molar-refractivity contribution in [1.29, 1.82) is 0 Å². The van der Waals surface area contributed by atoms with Gasteiger partial charge < -0.3 is 4.98 Å². The van der Waals surface area contributed by atoms with Crippen LogP contribution in [0.25, 0.3) is 22.6 Å². The monoisotopic (exact) mass is 241 g/mol. The number of nitrogens with one attached hydrogen (secondary N) is 1. The predicted molar refractivity (Wildman–Crippen MR) is 70.0 cm³/mol. The molecule has 0 aromatic carbocycles.